The largest absolute Gasteiger partial charge is 0.388 e. The molecule has 28 nitrogen and oxygen atoms in total. The van der Waals surface area contributed by atoms with E-state index in [2.05, 4.69) is 117 Å². The molecule has 13 N–H and O–H groups in total. The number of aromatic amines is 3. The second-order valence-corrected chi connectivity index (χ2v) is 46.0. The van der Waals surface area contributed by atoms with E-state index in [-0.39, 0.29) is 27.6 Å². The van der Waals surface area contributed by atoms with Crippen molar-refractivity contribution in [3.8, 4) is 0 Å². The van der Waals surface area contributed by atoms with Gasteiger partial charge in [0.15, 0.2) is 35.5 Å². The van der Waals surface area contributed by atoms with Crippen LogP contribution in [0.5, 0.6) is 0 Å². The normalized spacial score (nSPS) is 27.9. The molecular formula is C67H107N9O19P4S. The molecule has 100 heavy (non-hydrogen) atoms. The number of aliphatic hydroxyl groups excluding tert-OH is 8. The van der Waals surface area contributed by atoms with Crippen LogP contribution in [0.1, 0.15) is 94.7 Å². The number of allylic oxidation sites excluding steroid dienone is 2. The molecule has 0 aliphatic carbocycles. The fourth-order valence-electron chi connectivity index (χ4n) is 10.9. The monoisotopic (exact) mass is 1500 g/mol. The lowest BCUT2D eigenvalue weighted by molar-refractivity contribution is -0.119. The molecule has 8 heterocycles. The molecule has 5 aliphatic rings. The molecule has 0 saturated carbocycles. The van der Waals surface area contributed by atoms with E-state index < -0.39 is 148 Å². The lowest BCUT2D eigenvalue weighted by Crippen LogP contribution is -2.47. The van der Waals surface area contributed by atoms with Crippen molar-refractivity contribution in [3.63, 3.8) is 0 Å². The van der Waals surface area contributed by atoms with Gasteiger partial charge in [0.1, 0.15) is 54.7 Å². The van der Waals surface area contributed by atoms with Gasteiger partial charge in [-0.3, -0.25) is 52.6 Å². The highest BCUT2D eigenvalue weighted by Gasteiger charge is 2.48. The molecule has 33 heteroatoms. The van der Waals surface area contributed by atoms with Crippen molar-refractivity contribution in [1.82, 2.24) is 44.2 Å². The van der Waals surface area contributed by atoms with Crippen molar-refractivity contribution in [2.75, 3.05) is 84.5 Å². The minimum absolute atomic E-state index is 0.0679. The standard InChI is InChI=1S/C17H30N3O4PS.C17H25N2O6P.C17H27N2O5P.C16H25N2O4P/c1-5-7-18-9-11-10-20(17(26)19-15(11)23)16-14(22)13(21)12(24-16)6-8-25(2,3)4;1-10(20)5-6-11-9-19(17(24)18-15(11)23)16-14(22)13(21)12(25-16)7-8-26(2,3)4;1-5-6-7-11-10-19(17(23)18-15(11)22)16-14(21)13(20)12(24-16)8-9-25(2,3)4;1-6-11-9-18(10(2)17-15(11)21)16-14(20)13(19)12(22-16)7-8-23(3,4)5/h10,12-14,16,18,21-22H,2,5-9H2,1,3-4H3,(H,19,23,26);5-6,9,12-14,16,21-22H,2,7-8H2,1,3-4H3,(H,18,23,24);6-7,10,12-14,16,20-21H,2,5,8-9H2,1,3-4H3,(H,18,22,23);6,9,12-14,16,19-20H,1-3,7-8H2,4-5H3,(H,17,21)/b;6-5+;7-6+;/t4*12-,13-,14-,16-/m1111/s1. The van der Waals surface area contributed by atoms with Crippen LogP contribution in [0.15, 0.2) is 91.5 Å². The molecule has 0 spiro atoms. The van der Waals surface area contributed by atoms with E-state index in [0.29, 0.717) is 54.7 Å². The predicted octanol–water partition coefficient (Wildman–Crippen LogP) is 2.16. The van der Waals surface area contributed by atoms with Crippen molar-refractivity contribution < 1.29 is 69.4 Å². The summed E-state index contributed by atoms with van der Waals surface area (Å²) in [6.07, 6.45) is 21.9. The third-order valence-electron chi connectivity index (χ3n) is 16.7. The number of aliphatic hydroxyl groups is 8. The van der Waals surface area contributed by atoms with Crippen molar-refractivity contribution in [2.24, 2.45) is 0 Å². The van der Waals surface area contributed by atoms with Gasteiger partial charge in [-0.25, -0.2) is 9.59 Å². The van der Waals surface area contributed by atoms with Crippen LogP contribution < -0.4 is 38.7 Å². The summed E-state index contributed by atoms with van der Waals surface area (Å²) in [6.45, 7) is 25.5. The Morgan fingerprint density at radius 1 is 0.570 bits per heavy atom. The Labute approximate surface area is 589 Å². The molecular weight excluding hydrogens is 1390 g/mol. The second-order valence-electron chi connectivity index (χ2n) is 28.3. The summed E-state index contributed by atoms with van der Waals surface area (Å²) in [7, 11) is 0. The Balaban J connectivity index is 0.000000241. The number of nitrogens with one attached hydrogen (secondary N) is 5. The van der Waals surface area contributed by atoms with Gasteiger partial charge in [0.2, 0.25) is 0 Å². The minimum atomic E-state index is -1.33. The highest BCUT2D eigenvalue weighted by atomic mass is 32.1. The highest BCUT2D eigenvalue weighted by molar-refractivity contribution is 7.73. The van der Waals surface area contributed by atoms with Gasteiger partial charge in [0.05, 0.1) is 41.1 Å². The minimum Gasteiger partial charge on any atom is -0.388 e. The van der Waals surface area contributed by atoms with Gasteiger partial charge in [0.25, 0.3) is 22.6 Å². The van der Waals surface area contributed by atoms with Crippen LogP contribution in [0.4, 0.5) is 0 Å². The van der Waals surface area contributed by atoms with Crippen molar-refractivity contribution in [2.45, 2.75) is 164 Å². The maximum absolute atomic E-state index is 12.1. The first-order valence-corrected chi connectivity index (χ1v) is 45.5. The van der Waals surface area contributed by atoms with Crippen LogP contribution in [0, 0.1) is 4.77 Å². The number of carbonyl (C=O) groups excluding carboxylic acids is 2. The second kappa shape index (κ2) is 37.0. The number of hydrogen-bond donors (Lipinski definition) is 13. The Kier molecular flexibility index (Phi) is 31.6. The zero-order valence-electron chi connectivity index (χ0n) is 59.2. The number of carbonyl (C=O) groups is 2. The van der Waals surface area contributed by atoms with Gasteiger partial charge in [-0.2, -0.15) is 0 Å². The SMILES string of the molecule is C=CC1=CN([C@@H]2O[C@H](CCP(=C)(C)C)[C@@H](O)[C@H]2O)C(=C)NC1=O.C=P(C)(C)CC[C@H]1O[C@@H](n2cc(/C=C/C(C)=O)c(=O)[nH]c2=O)[C@H](O)[C@@H]1O.C=P(C)(C)CC[C@H]1O[C@@H](n2cc(/C=C/CC)c(=O)[nH]c2=O)[C@H](O)[C@@H]1O.C=P(C)(C)CC[C@H]1O[C@@H](n2cc(CNCCC)c(=O)[nH]c2=S)[C@H](O)[C@@H]1O. The third-order valence-corrected chi connectivity index (χ3v) is 22.8. The van der Waals surface area contributed by atoms with E-state index >= 15 is 0 Å². The maximum atomic E-state index is 12.1. The summed E-state index contributed by atoms with van der Waals surface area (Å²) >= 11 is 5.24. The lowest BCUT2D eigenvalue weighted by Gasteiger charge is -2.34. The molecule has 1 amide bonds. The Morgan fingerprint density at radius 2 is 0.950 bits per heavy atom. The Bertz CT molecular complexity index is 4040. The number of aromatic nitrogens is 6. The Hall–Kier alpha value is -5.22. The first-order chi connectivity index (χ1) is 46.4. The summed E-state index contributed by atoms with van der Waals surface area (Å²) in [4.78, 5) is 91.4. The zero-order chi connectivity index (χ0) is 75.3. The molecule has 4 saturated heterocycles. The number of H-pyrrole nitrogens is 3. The van der Waals surface area contributed by atoms with E-state index in [1.807, 2.05) is 13.8 Å². The molecule has 560 valence electrons. The zero-order valence-corrected chi connectivity index (χ0v) is 63.6. The van der Waals surface area contributed by atoms with Gasteiger partial charge in [-0.05, 0) is 154 Å². The fourth-order valence-corrected chi connectivity index (χ4v) is 15.0. The summed E-state index contributed by atoms with van der Waals surface area (Å²) < 4.78 is 27.1. The summed E-state index contributed by atoms with van der Waals surface area (Å²) in [5, 5.41) is 88.3. The molecule has 0 radical (unpaired) electrons. The lowest BCUT2D eigenvalue weighted by atomic mass is 10.1. The number of ketones is 1. The quantitative estimate of drug-likeness (QED) is 0.0250. The molecule has 4 fully saturated rings. The van der Waals surface area contributed by atoms with Crippen LogP contribution in [-0.2, 0) is 35.1 Å². The smallest absolute Gasteiger partial charge is 0.330 e. The van der Waals surface area contributed by atoms with Crippen LogP contribution in [0.3, 0.4) is 0 Å². The molecule has 0 unspecified atom stereocenters. The van der Waals surface area contributed by atoms with Crippen LogP contribution in [0.2, 0.25) is 0 Å². The number of amides is 1. The number of nitrogens with zero attached hydrogens (tertiary/aromatic N) is 4. The first kappa shape index (κ1) is 85.4. The van der Waals surface area contributed by atoms with Crippen molar-refractivity contribution in [3.05, 3.63) is 141 Å². The van der Waals surface area contributed by atoms with Crippen LogP contribution >= 0.6 is 39.8 Å². The van der Waals surface area contributed by atoms with E-state index in [9.17, 15) is 74.4 Å². The van der Waals surface area contributed by atoms with Crippen molar-refractivity contribution >= 4 is 88.8 Å². The maximum Gasteiger partial charge on any atom is 0.330 e. The van der Waals surface area contributed by atoms with E-state index in [0.717, 1.165) is 53.2 Å². The summed E-state index contributed by atoms with van der Waals surface area (Å²) in [5.41, 5.74) is -1.66. The summed E-state index contributed by atoms with van der Waals surface area (Å²) in [5.74, 6) is -0.272. The fraction of sp³-hybridized carbons (Fsp3) is 0.582. The Morgan fingerprint density at radius 3 is 1.32 bits per heavy atom. The van der Waals surface area contributed by atoms with Crippen LogP contribution in [0.25, 0.3) is 12.2 Å². The third kappa shape index (κ3) is 24.5. The van der Waals surface area contributed by atoms with Gasteiger partial charge in [-0.1, -0.05) is 45.2 Å². The first-order valence-electron chi connectivity index (χ1n) is 32.9. The number of ether oxygens (including phenoxy) is 4. The molecule has 0 aromatic carbocycles. The summed E-state index contributed by atoms with van der Waals surface area (Å²) in [6, 6.07) is 0. The van der Waals surface area contributed by atoms with Gasteiger partial charge in [0, 0.05) is 36.9 Å². The number of hydrogen-bond acceptors (Lipinski definition) is 22. The molecule has 16 atom stereocenters. The topological polar surface area (TPSA) is 408 Å². The van der Waals surface area contributed by atoms with Gasteiger partial charge >= 0.3 is 11.4 Å². The highest BCUT2D eigenvalue weighted by Crippen LogP contribution is 2.43. The molecule has 5 aliphatic heterocycles. The molecule has 3 aromatic heterocycles. The average Bonchev–Trinajstić information content (AvgIpc) is 1.69. The van der Waals surface area contributed by atoms with E-state index in [4.69, 9.17) is 31.2 Å². The predicted molar refractivity (Wildman–Crippen MR) is 407 cm³/mol. The van der Waals surface area contributed by atoms with E-state index in [1.165, 1.54) is 53.2 Å². The van der Waals surface area contributed by atoms with Crippen molar-refractivity contribution in [1.29, 1.82) is 0 Å². The van der Waals surface area contributed by atoms with Gasteiger partial charge < -0.3 is 75.3 Å². The molecule has 8 rings (SSSR count). The molecule has 3 aromatic rings. The average molecular weight is 1500 g/mol. The van der Waals surface area contributed by atoms with E-state index in [1.54, 1.807) is 18.3 Å². The molecule has 0 bridgehead atoms. The van der Waals surface area contributed by atoms with Crippen LogP contribution in [-0.4, -0.2) is 275 Å². The number of rotatable bonds is 25. The van der Waals surface area contributed by atoms with Gasteiger partial charge in [-0.15, -0.1) is 52.7 Å².